The van der Waals surface area contributed by atoms with Crippen LogP contribution in [0.4, 0.5) is 4.79 Å². The summed E-state index contributed by atoms with van der Waals surface area (Å²) in [7, 11) is 5.12. The first-order chi connectivity index (χ1) is 10.5. The third-order valence-corrected chi connectivity index (χ3v) is 4.57. The Bertz CT molecular complexity index is 287. The summed E-state index contributed by atoms with van der Waals surface area (Å²) in [5, 5.41) is 6.02. The van der Waals surface area contributed by atoms with Crippen LogP contribution in [0.5, 0.6) is 0 Å². The maximum Gasteiger partial charge on any atom is 0.318 e. The zero-order valence-corrected chi connectivity index (χ0v) is 16.3. The maximum absolute atomic E-state index is 12.2. The first kappa shape index (κ1) is 21.8. The molecule has 0 aliphatic heterocycles. The van der Waals surface area contributed by atoms with E-state index in [4.69, 9.17) is 10.2 Å². The van der Waals surface area contributed by atoms with Crippen LogP contribution in [0.1, 0.15) is 20.3 Å². The van der Waals surface area contributed by atoms with E-state index >= 15 is 0 Å². The van der Waals surface area contributed by atoms with Gasteiger partial charge in [-0.05, 0) is 33.4 Å². The second kappa shape index (κ2) is 14.4. The topological polar surface area (TPSA) is 82.9 Å². The molecule has 2 unspecified atom stereocenters. The molecule has 0 saturated heterocycles. The highest BCUT2D eigenvalue weighted by Gasteiger charge is 2.17. The molecule has 0 heterocycles. The predicted molar refractivity (Wildman–Crippen MR) is 95.8 cm³/mol. The van der Waals surface area contributed by atoms with Gasteiger partial charge in [0.15, 0.2) is 0 Å². The average Bonchev–Trinajstić information content (AvgIpc) is 2.48. The Kier molecular flexibility index (Phi) is 14.2. The molecule has 0 aromatic rings. The highest BCUT2D eigenvalue weighted by molar-refractivity contribution is 7.13. The fraction of sp³-hybridized carbons (Fsp3) is 0.923. The number of nitrogens with zero attached hydrogens (tertiary/aromatic N) is 2. The van der Waals surface area contributed by atoms with E-state index in [1.165, 1.54) is 0 Å². The van der Waals surface area contributed by atoms with Crippen molar-refractivity contribution in [3.05, 3.63) is 0 Å². The highest BCUT2D eigenvalue weighted by Crippen LogP contribution is 2.01. The summed E-state index contributed by atoms with van der Waals surface area (Å²) < 4.78 is 7.39. The number of rotatable bonds is 13. The van der Waals surface area contributed by atoms with Crippen molar-refractivity contribution in [1.29, 1.82) is 0 Å². The van der Waals surface area contributed by atoms with Gasteiger partial charge in [0.1, 0.15) is 0 Å². The number of nitrogens with two attached hydrogens (primary N) is 1. The molecule has 2 radical (unpaired) electrons. The van der Waals surface area contributed by atoms with Gasteiger partial charge in [0, 0.05) is 39.3 Å². The number of likely N-dealkylation sites (N-methyl/N-ethyl adjacent to an activating group) is 1. The monoisotopic (exact) mass is 349 g/mol. The standard InChI is InChI=1S/C13H32N5O2PSi/c1-4-20-22-11-5-6-16-13(19)18(12(2)14)10-9-17(21)8-7-15-3/h12,15H,4-11,14,21H2,1-3H3,(H,16,19). The lowest BCUT2D eigenvalue weighted by Crippen LogP contribution is -2.51. The van der Waals surface area contributed by atoms with Gasteiger partial charge in [0.05, 0.1) is 6.17 Å². The number of carbonyl (C=O) groups is 1. The fourth-order valence-corrected chi connectivity index (χ4v) is 2.64. The van der Waals surface area contributed by atoms with E-state index in [9.17, 15) is 4.79 Å². The van der Waals surface area contributed by atoms with Crippen LogP contribution < -0.4 is 16.4 Å². The van der Waals surface area contributed by atoms with Gasteiger partial charge in [0.2, 0.25) is 9.76 Å². The Hall–Kier alpha value is -0.243. The lowest BCUT2D eigenvalue weighted by Gasteiger charge is -2.28. The SMILES string of the molecule is CCO[Si]CCCNC(=O)N(CCN(P)CCNC)C(C)N. The summed E-state index contributed by atoms with van der Waals surface area (Å²) in [6.45, 7) is 8.43. The second-order valence-electron chi connectivity index (χ2n) is 4.99. The van der Waals surface area contributed by atoms with Crippen molar-refractivity contribution < 1.29 is 9.22 Å². The molecule has 0 aliphatic rings. The van der Waals surface area contributed by atoms with E-state index < -0.39 is 0 Å². The Morgan fingerprint density at radius 3 is 2.68 bits per heavy atom. The zero-order valence-electron chi connectivity index (χ0n) is 14.1. The van der Waals surface area contributed by atoms with Crippen molar-refractivity contribution in [2.24, 2.45) is 5.73 Å². The molecule has 7 nitrogen and oxygen atoms in total. The molecule has 9 heteroatoms. The summed E-state index contributed by atoms with van der Waals surface area (Å²) in [6, 6.07) is 0.886. The molecule has 2 atom stereocenters. The van der Waals surface area contributed by atoms with E-state index in [-0.39, 0.29) is 12.2 Å². The minimum absolute atomic E-state index is 0.0956. The molecular weight excluding hydrogens is 317 g/mol. The van der Waals surface area contributed by atoms with Crippen molar-refractivity contribution in [3.8, 4) is 0 Å². The minimum atomic E-state index is -0.298. The number of carbonyl (C=O) groups excluding carboxylic acids is 1. The van der Waals surface area contributed by atoms with Gasteiger partial charge in [0.25, 0.3) is 0 Å². The largest absolute Gasteiger partial charge is 0.418 e. The molecule has 130 valence electrons. The first-order valence-corrected chi connectivity index (χ1v) is 9.45. The molecule has 4 N–H and O–H groups in total. The van der Waals surface area contributed by atoms with Crippen LogP contribution in [0.2, 0.25) is 6.04 Å². The molecular formula is C13H32N5O2PSi. The van der Waals surface area contributed by atoms with E-state index in [1.807, 2.05) is 20.9 Å². The van der Waals surface area contributed by atoms with E-state index in [1.54, 1.807) is 4.90 Å². The summed E-state index contributed by atoms with van der Waals surface area (Å²) in [6.07, 6.45) is 0.627. The van der Waals surface area contributed by atoms with E-state index in [2.05, 4.69) is 24.7 Å². The summed E-state index contributed by atoms with van der Waals surface area (Å²) in [5.41, 5.74) is 5.90. The third-order valence-electron chi connectivity index (χ3n) is 3.01. The third kappa shape index (κ3) is 11.3. The first-order valence-electron chi connectivity index (χ1n) is 7.81. The molecule has 0 bridgehead atoms. The molecule has 22 heavy (non-hydrogen) atoms. The lowest BCUT2D eigenvalue weighted by atomic mass is 10.4. The van der Waals surface area contributed by atoms with Gasteiger partial charge in [-0.3, -0.25) is 4.67 Å². The normalized spacial score (nSPS) is 12.5. The molecule has 0 rings (SSSR count). The van der Waals surface area contributed by atoms with Crippen LogP contribution in [-0.2, 0) is 4.43 Å². The van der Waals surface area contributed by atoms with Crippen molar-refractivity contribution >= 4 is 25.2 Å². The van der Waals surface area contributed by atoms with Crippen LogP contribution in [0, 0.1) is 0 Å². The molecule has 0 aliphatic carbocycles. The average molecular weight is 349 g/mol. The quantitative estimate of drug-likeness (QED) is 0.190. The maximum atomic E-state index is 12.2. The molecule has 0 saturated carbocycles. The van der Waals surface area contributed by atoms with Gasteiger partial charge in [-0.1, -0.05) is 9.39 Å². The number of urea groups is 1. The molecule has 0 aromatic carbocycles. The van der Waals surface area contributed by atoms with Gasteiger partial charge in [-0.15, -0.1) is 0 Å². The molecule has 2 amide bonds. The summed E-state index contributed by atoms with van der Waals surface area (Å²) in [4.78, 5) is 13.8. The number of hydrogen-bond acceptors (Lipinski definition) is 5. The van der Waals surface area contributed by atoms with Crippen LogP contribution in [0.3, 0.4) is 0 Å². The van der Waals surface area contributed by atoms with E-state index in [0.29, 0.717) is 22.9 Å². The summed E-state index contributed by atoms with van der Waals surface area (Å²) >= 11 is 0. The van der Waals surface area contributed by atoms with Crippen molar-refractivity contribution in [1.82, 2.24) is 20.2 Å². The second-order valence-corrected chi connectivity index (χ2v) is 6.79. The Morgan fingerprint density at radius 1 is 1.36 bits per heavy atom. The van der Waals surface area contributed by atoms with Crippen molar-refractivity contribution in [3.63, 3.8) is 0 Å². The minimum Gasteiger partial charge on any atom is -0.418 e. The molecule has 0 fully saturated rings. The molecule has 0 spiro atoms. The van der Waals surface area contributed by atoms with Crippen molar-refractivity contribution in [2.45, 2.75) is 32.5 Å². The number of amides is 2. The van der Waals surface area contributed by atoms with Crippen molar-refractivity contribution in [2.75, 3.05) is 46.4 Å². The van der Waals surface area contributed by atoms with Gasteiger partial charge < -0.3 is 25.7 Å². The Balaban J connectivity index is 3.96. The number of hydrogen-bond donors (Lipinski definition) is 3. The Morgan fingerprint density at radius 2 is 2.09 bits per heavy atom. The van der Waals surface area contributed by atoms with E-state index in [0.717, 1.165) is 38.7 Å². The van der Waals surface area contributed by atoms with Gasteiger partial charge in [-0.2, -0.15) is 0 Å². The Labute approximate surface area is 139 Å². The number of nitrogens with one attached hydrogen (secondary N) is 2. The summed E-state index contributed by atoms with van der Waals surface area (Å²) in [5.74, 6) is 0. The van der Waals surface area contributed by atoms with Crippen LogP contribution in [-0.4, -0.2) is 77.9 Å². The van der Waals surface area contributed by atoms with Crippen LogP contribution >= 0.6 is 9.39 Å². The smallest absolute Gasteiger partial charge is 0.318 e. The fourth-order valence-electron chi connectivity index (χ4n) is 1.73. The lowest BCUT2D eigenvalue weighted by molar-refractivity contribution is 0.176. The van der Waals surface area contributed by atoms with Crippen LogP contribution in [0.25, 0.3) is 0 Å². The molecule has 0 aromatic heterocycles. The zero-order chi connectivity index (χ0) is 16.8. The van der Waals surface area contributed by atoms with Gasteiger partial charge >= 0.3 is 6.03 Å². The highest BCUT2D eigenvalue weighted by atomic mass is 31.0. The predicted octanol–water partition coefficient (Wildman–Crippen LogP) is 0.0783. The van der Waals surface area contributed by atoms with Crippen LogP contribution in [0.15, 0.2) is 0 Å². The van der Waals surface area contributed by atoms with Gasteiger partial charge in [-0.25, -0.2) is 4.79 Å².